The van der Waals surface area contributed by atoms with Gasteiger partial charge in [0, 0.05) is 23.3 Å². The third kappa shape index (κ3) is 3.64. The second kappa shape index (κ2) is 6.31. The Morgan fingerprint density at radius 1 is 1.21 bits per heavy atom. The van der Waals surface area contributed by atoms with Gasteiger partial charge in [-0.3, -0.25) is 0 Å². The van der Waals surface area contributed by atoms with E-state index < -0.39 is 0 Å². The van der Waals surface area contributed by atoms with Crippen molar-refractivity contribution in [3.63, 3.8) is 0 Å². The maximum atomic E-state index is 6.21. The van der Waals surface area contributed by atoms with Crippen LogP contribution in [0.5, 0.6) is 5.75 Å². The summed E-state index contributed by atoms with van der Waals surface area (Å²) in [5.74, 6) is 0.806. The molecule has 2 aromatic rings. The van der Waals surface area contributed by atoms with Crippen LogP contribution in [0.4, 0.5) is 5.69 Å². The average molecular weight is 341 g/mol. The van der Waals surface area contributed by atoms with Gasteiger partial charge in [-0.25, -0.2) is 0 Å². The zero-order valence-electron chi connectivity index (χ0n) is 10.8. The fourth-order valence-electron chi connectivity index (χ4n) is 1.76. The van der Waals surface area contributed by atoms with Gasteiger partial charge in [0.25, 0.3) is 0 Å². The summed E-state index contributed by atoms with van der Waals surface area (Å²) in [6, 6.07) is 12.0. The molecule has 0 saturated carbocycles. The van der Waals surface area contributed by atoms with Crippen LogP contribution in [0.3, 0.4) is 0 Å². The smallest absolute Gasteiger partial charge is 0.135 e. The minimum atomic E-state index is 0.684. The van der Waals surface area contributed by atoms with Gasteiger partial charge in [0.05, 0.1) is 11.6 Å². The highest BCUT2D eigenvalue weighted by Crippen LogP contribution is 2.28. The molecule has 0 fully saturated rings. The van der Waals surface area contributed by atoms with Crippen LogP contribution in [0.2, 0.25) is 5.02 Å². The first-order valence-corrected chi connectivity index (χ1v) is 7.09. The lowest BCUT2D eigenvalue weighted by atomic mass is 10.1. The molecular formula is C15H15BrClNO. The van der Waals surface area contributed by atoms with Gasteiger partial charge in [0.2, 0.25) is 0 Å². The molecule has 1 N–H and O–H groups in total. The van der Waals surface area contributed by atoms with Crippen molar-refractivity contribution >= 4 is 33.2 Å². The van der Waals surface area contributed by atoms with Crippen LogP contribution in [0, 0.1) is 6.92 Å². The molecule has 2 aromatic carbocycles. The van der Waals surface area contributed by atoms with E-state index in [2.05, 4.69) is 27.3 Å². The SMILES string of the molecule is COc1cc(NCc2ccc(C)cc2Cl)ccc1Br. The van der Waals surface area contributed by atoms with Crippen LogP contribution in [0.15, 0.2) is 40.9 Å². The fraction of sp³-hybridized carbons (Fsp3) is 0.200. The highest BCUT2D eigenvalue weighted by Gasteiger charge is 2.03. The molecule has 0 heterocycles. The number of hydrogen-bond donors (Lipinski definition) is 1. The predicted octanol–water partition coefficient (Wildman–Crippen LogP) is 5.03. The summed E-state index contributed by atoms with van der Waals surface area (Å²) in [7, 11) is 1.65. The Morgan fingerprint density at radius 2 is 2.00 bits per heavy atom. The zero-order valence-corrected chi connectivity index (χ0v) is 13.2. The molecule has 4 heteroatoms. The second-order valence-electron chi connectivity index (χ2n) is 4.30. The van der Waals surface area contributed by atoms with Gasteiger partial charge < -0.3 is 10.1 Å². The largest absolute Gasteiger partial charge is 0.495 e. The van der Waals surface area contributed by atoms with Crippen molar-refractivity contribution < 1.29 is 4.74 Å². The molecule has 0 unspecified atom stereocenters. The number of ether oxygens (including phenoxy) is 1. The number of rotatable bonds is 4. The second-order valence-corrected chi connectivity index (χ2v) is 5.56. The summed E-state index contributed by atoms with van der Waals surface area (Å²) >= 11 is 9.64. The number of methoxy groups -OCH3 is 1. The molecule has 0 radical (unpaired) electrons. The van der Waals surface area contributed by atoms with Crippen LogP contribution in [0.25, 0.3) is 0 Å². The third-order valence-corrected chi connectivity index (χ3v) is 3.85. The molecule has 0 aliphatic carbocycles. The van der Waals surface area contributed by atoms with Gasteiger partial charge in [-0.2, -0.15) is 0 Å². The number of nitrogens with one attached hydrogen (secondary N) is 1. The van der Waals surface area contributed by atoms with Crippen LogP contribution < -0.4 is 10.1 Å². The number of aryl methyl sites for hydroxylation is 1. The Morgan fingerprint density at radius 3 is 2.68 bits per heavy atom. The summed E-state index contributed by atoms with van der Waals surface area (Å²) in [6.45, 7) is 2.71. The van der Waals surface area contributed by atoms with Crippen molar-refractivity contribution in [1.29, 1.82) is 0 Å². The highest BCUT2D eigenvalue weighted by atomic mass is 79.9. The zero-order chi connectivity index (χ0) is 13.8. The van der Waals surface area contributed by atoms with E-state index >= 15 is 0 Å². The molecule has 0 atom stereocenters. The Kier molecular flexibility index (Phi) is 4.72. The number of anilines is 1. The van der Waals surface area contributed by atoms with Gasteiger partial charge in [0.1, 0.15) is 5.75 Å². The number of benzene rings is 2. The summed E-state index contributed by atoms with van der Waals surface area (Å²) in [5, 5.41) is 4.13. The van der Waals surface area contributed by atoms with E-state index in [9.17, 15) is 0 Å². The fourth-order valence-corrected chi connectivity index (χ4v) is 2.47. The normalized spacial score (nSPS) is 10.3. The van der Waals surface area contributed by atoms with Gasteiger partial charge in [0.15, 0.2) is 0 Å². The van der Waals surface area contributed by atoms with Crippen molar-refractivity contribution in [3.8, 4) is 5.75 Å². The minimum Gasteiger partial charge on any atom is -0.495 e. The monoisotopic (exact) mass is 339 g/mol. The quantitative estimate of drug-likeness (QED) is 0.842. The van der Waals surface area contributed by atoms with Crippen molar-refractivity contribution in [1.82, 2.24) is 0 Å². The van der Waals surface area contributed by atoms with Crippen LogP contribution in [-0.4, -0.2) is 7.11 Å². The summed E-state index contributed by atoms with van der Waals surface area (Å²) in [6.07, 6.45) is 0. The van der Waals surface area contributed by atoms with E-state index in [0.29, 0.717) is 6.54 Å². The Bertz CT molecular complexity index is 586. The standard InChI is InChI=1S/C15H15BrClNO/c1-10-3-4-11(14(17)7-10)9-18-12-5-6-13(16)15(8-12)19-2/h3-8,18H,9H2,1-2H3. The lowest BCUT2D eigenvalue weighted by Gasteiger charge is -2.11. The maximum Gasteiger partial charge on any atom is 0.135 e. The molecule has 0 aromatic heterocycles. The predicted molar refractivity (Wildman–Crippen MR) is 84.2 cm³/mol. The van der Waals surface area contributed by atoms with E-state index in [-0.39, 0.29) is 0 Å². The van der Waals surface area contributed by atoms with Gasteiger partial charge in [-0.1, -0.05) is 23.7 Å². The Hall–Kier alpha value is -1.19. The lowest BCUT2D eigenvalue weighted by molar-refractivity contribution is 0.412. The van der Waals surface area contributed by atoms with Crippen LogP contribution in [-0.2, 0) is 6.54 Å². The average Bonchev–Trinajstić information content (AvgIpc) is 2.39. The molecule has 0 saturated heterocycles. The summed E-state index contributed by atoms with van der Waals surface area (Å²) in [5.41, 5.74) is 3.24. The first-order chi connectivity index (χ1) is 9.10. The summed E-state index contributed by atoms with van der Waals surface area (Å²) in [4.78, 5) is 0. The van der Waals surface area contributed by atoms with Gasteiger partial charge >= 0.3 is 0 Å². The van der Waals surface area contributed by atoms with E-state index in [0.717, 1.165) is 26.5 Å². The number of halogens is 2. The molecule has 0 aliphatic heterocycles. The first-order valence-electron chi connectivity index (χ1n) is 5.92. The molecule has 19 heavy (non-hydrogen) atoms. The first kappa shape index (κ1) is 14.2. The van der Waals surface area contributed by atoms with Crippen molar-refractivity contribution in [2.75, 3.05) is 12.4 Å². The Labute approximate surface area is 126 Å². The van der Waals surface area contributed by atoms with Crippen LogP contribution >= 0.6 is 27.5 Å². The molecule has 100 valence electrons. The Balaban J connectivity index is 2.10. The molecule has 0 aliphatic rings. The van der Waals surface area contributed by atoms with Crippen molar-refractivity contribution in [2.24, 2.45) is 0 Å². The van der Waals surface area contributed by atoms with E-state index in [1.54, 1.807) is 7.11 Å². The maximum absolute atomic E-state index is 6.21. The van der Waals surface area contributed by atoms with E-state index in [1.807, 2.05) is 37.3 Å². The topological polar surface area (TPSA) is 21.3 Å². The van der Waals surface area contributed by atoms with Crippen molar-refractivity contribution in [3.05, 3.63) is 57.0 Å². The number of hydrogen-bond acceptors (Lipinski definition) is 2. The van der Waals surface area contributed by atoms with Crippen LogP contribution in [0.1, 0.15) is 11.1 Å². The lowest BCUT2D eigenvalue weighted by Crippen LogP contribution is -2.00. The van der Waals surface area contributed by atoms with E-state index in [1.165, 1.54) is 5.56 Å². The van der Waals surface area contributed by atoms with E-state index in [4.69, 9.17) is 16.3 Å². The molecule has 2 rings (SSSR count). The van der Waals surface area contributed by atoms with Crippen molar-refractivity contribution in [2.45, 2.75) is 13.5 Å². The van der Waals surface area contributed by atoms with Gasteiger partial charge in [-0.15, -0.1) is 0 Å². The molecule has 2 nitrogen and oxygen atoms in total. The minimum absolute atomic E-state index is 0.684. The highest BCUT2D eigenvalue weighted by molar-refractivity contribution is 9.10. The third-order valence-electron chi connectivity index (χ3n) is 2.84. The molecule has 0 spiro atoms. The summed E-state index contributed by atoms with van der Waals surface area (Å²) < 4.78 is 6.20. The molecule has 0 bridgehead atoms. The van der Waals surface area contributed by atoms with Gasteiger partial charge in [-0.05, 0) is 52.2 Å². The molecule has 0 amide bonds. The molecular weight excluding hydrogens is 326 g/mol.